The van der Waals surface area contributed by atoms with Crippen molar-refractivity contribution in [1.82, 2.24) is 5.32 Å². The minimum atomic E-state index is -0.522. The van der Waals surface area contributed by atoms with Crippen molar-refractivity contribution in [1.29, 1.82) is 0 Å². The maximum Gasteiger partial charge on any atom is 0.260 e. The largest absolute Gasteiger partial charge is 0.481 e. The van der Waals surface area contributed by atoms with E-state index in [9.17, 15) is 4.79 Å². The van der Waals surface area contributed by atoms with Crippen molar-refractivity contribution in [2.75, 3.05) is 12.3 Å². The lowest BCUT2D eigenvalue weighted by molar-refractivity contribution is -0.127. The summed E-state index contributed by atoms with van der Waals surface area (Å²) in [6.45, 7) is 6.38. The molecular formula is C19H22ClNO2S. The molecule has 0 bridgehead atoms. The molecule has 2 rings (SSSR count). The Morgan fingerprint density at radius 2 is 1.92 bits per heavy atom. The maximum atomic E-state index is 12.1. The van der Waals surface area contributed by atoms with E-state index >= 15 is 0 Å². The first-order chi connectivity index (χ1) is 11.5. The van der Waals surface area contributed by atoms with Gasteiger partial charge in [-0.2, -0.15) is 0 Å². The molecule has 2 aromatic carbocycles. The molecule has 5 heteroatoms. The SMILES string of the molecule is Cc1cccc(OC(C)C(=O)NCCSc2ccc(Cl)cc2)c1C. The molecule has 0 saturated carbocycles. The second-order valence-corrected chi connectivity index (χ2v) is 7.16. The van der Waals surface area contributed by atoms with Crippen LogP contribution in [0.3, 0.4) is 0 Å². The number of hydrogen-bond acceptors (Lipinski definition) is 3. The van der Waals surface area contributed by atoms with Gasteiger partial charge in [-0.25, -0.2) is 0 Å². The van der Waals surface area contributed by atoms with Gasteiger partial charge >= 0.3 is 0 Å². The first kappa shape index (κ1) is 18.7. The van der Waals surface area contributed by atoms with Gasteiger partial charge in [-0.3, -0.25) is 4.79 Å². The summed E-state index contributed by atoms with van der Waals surface area (Å²) in [5, 5.41) is 3.63. The van der Waals surface area contributed by atoms with Crippen LogP contribution in [0.15, 0.2) is 47.4 Å². The van der Waals surface area contributed by atoms with Crippen molar-refractivity contribution >= 4 is 29.3 Å². The summed E-state index contributed by atoms with van der Waals surface area (Å²) in [5.74, 6) is 1.45. The molecule has 1 N–H and O–H groups in total. The summed E-state index contributed by atoms with van der Waals surface area (Å²) in [7, 11) is 0. The Kier molecular flexibility index (Phi) is 7.00. The predicted octanol–water partition coefficient (Wildman–Crippen LogP) is 4.63. The van der Waals surface area contributed by atoms with Gasteiger partial charge in [0.2, 0.25) is 0 Å². The molecule has 3 nitrogen and oxygen atoms in total. The third kappa shape index (κ3) is 5.46. The van der Waals surface area contributed by atoms with Crippen LogP contribution in [0.1, 0.15) is 18.1 Å². The van der Waals surface area contributed by atoms with Gasteiger partial charge in [0.1, 0.15) is 5.75 Å². The van der Waals surface area contributed by atoms with E-state index in [1.54, 1.807) is 18.7 Å². The molecule has 2 aromatic rings. The summed E-state index contributed by atoms with van der Waals surface area (Å²) < 4.78 is 5.78. The Bertz CT molecular complexity index is 688. The maximum absolute atomic E-state index is 12.1. The molecule has 0 heterocycles. The van der Waals surface area contributed by atoms with Crippen LogP contribution in [0.2, 0.25) is 5.02 Å². The number of carbonyl (C=O) groups is 1. The number of ether oxygens (including phenoxy) is 1. The van der Waals surface area contributed by atoms with Crippen molar-refractivity contribution in [3.63, 3.8) is 0 Å². The minimum absolute atomic E-state index is 0.104. The molecule has 0 aromatic heterocycles. The molecule has 0 aliphatic rings. The van der Waals surface area contributed by atoms with Gasteiger partial charge in [0.25, 0.3) is 5.91 Å². The Morgan fingerprint density at radius 1 is 1.21 bits per heavy atom. The number of amides is 1. The second-order valence-electron chi connectivity index (χ2n) is 5.55. The summed E-state index contributed by atoms with van der Waals surface area (Å²) in [4.78, 5) is 13.3. The Labute approximate surface area is 152 Å². The van der Waals surface area contributed by atoms with E-state index in [1.807, 2.05) is 56.3 Å². The van der Waals surface area contributed by atoms with E-state index in [4.69, 9.17) is 16.3 Å². The van der Waals surface area contributed by atoms with Crippen LogP contribution in [0.5, 0.6) is 5.75 Å². The van der Waals surface area contributed by atoms with E-state index < -0.39 is 6.10 Å². The van der Waals surface area contributed by atoms with Crippen LogP contribution in [0.4, 0.5) is 0 Å². The third-order valence-electron chi connectivity index (χ3n) is 3.71. The van der Waals surface area contributed by atoms with Gasteiger partial charge in [0, 0.05) is 22.2 Å². The molecule has 0 aliphatic heterocycles. The van der Waals surface area contributed by atoms with Gasteiger partial charge in [-0.1, -0.05) is 23.7 Å². The Balaban J connectivity index is 1.75. The van der Waals surface area contributed by atoms with Gasteiger partial charge in [-0.05, 0) is 62.2 Å². The Hall–Kier alpha value is -1.65. The van der Waals surface area contributed by atoms with Crippen LogP contribution in [0, 0.1) is 13.8 Å². The van der Waals surface area contributed by atoms with Crippen LogP contribution in [-0.2, 0) is 4.79 Å². The summed E-state index contributed by atoms with van der Waals surface area (Å²) in [6.07, 6.45) is -0.522. The molecule has 0 spiro atoms. The van der Waals surface area contributed by atoms with Gasteiger partial charge in [0.15, 0.2) is 6.10 Å². The Morgan fingerprint density at radius 3 is 2.62 bits per heavy atom. The van der Waals surface area contributed by atoms with E-state index in [0.717, 1.165) is 32.5 Å². The molecule has 1 unspecified atom stereocenters. The predicted molar refractivity (Wildman–Crippen MR) is 101 cm³/mol. The van der Waals surface area contributed by atoms with Crippen LogP contribution in [-0.4, -0.2) is 24.3 Å². The highest BCUT2D eigenvalue weighted by Gasteiger charge is 2.15. The quantitative estimate of drug-likeness (QED) is 0.575. The van der Waals surface area contributed by atoms with Crippen molar-refractivity contribution < 1.29 is 9.53 Å². The number of thioether (sulfide) groups is 1. The van der Waals surface area contributed by atoms with Gasteiger partial charge in [-0.15, -0.1) is 11.8 Å². The zero-order valence-corrected chi connectivity index (χ0v) is 15.7. The average molecular weight is 364 g/mol. The number of nitrogens with one attached hydrogen (secondary N) is 1. The molecule has 1 atom stereocenters. The molecule has 0 radical (unpaired) electrons. The average Bonchev–Trinajstić information content (AvgIpc) is 2.57. The molecule has 1 amide bonds. The number of carbonyl (C=O) groups excluding carboxylic acids is 1. The summed E-state index contributed by atoms with van der Waals surface area (Å²) in [5.41, 5.74) is 2.22. The zero-order valence-electron chi connectivity index (χ0n) is 14.1. The normalized spacial score (nSPS) is 11.8. The third-order valence-corrected chi connectivity index (χ3v) is 4.98. The monoisotopic (exact) mass is 363 g/mol. The van der Waals surface area contributed by atoms with E-state index in [-0.39, 0.29) is 5.91 Å². The molecule has 0 aliphatic carbocycles. The molecular weight excluding hydrogens is 342 g/mol. The topological polar surface area (TPSA) is 38.3 Å². The fourth-order valence-corrected chi connectivity index (χ4v) is 3.01. The minimum Gasteiger partial charge on any atom is -0.481 e. The highest BCUT2D eigenvalue weighted by atomic mass is 35.5. The van der Waals surface area contributed by atoms with Crippen molar-refractivity contribution in [3.05, 3.63) is 58.6 Å². The van der Waals surface area contributed by atoms with Gasteiger partial charge in [0.05, 0.1) is 0 Å². The lowest BCUT2D eigenvalue weighted by Gasteiger charge is -2.17. The molecule has 24 heavy (non-hydrogen) atoms. The highest BCUT2D eigenvalue weighted by Crippen LogP contribution is 2.22. The first-order valence-electron chi connectivity index (χ1n) is 7.86. The smallest absolute Gasteiger partial charge is 0.260 e. The standard InChI is InChI=1S/C19H22ClNO2S/c1-13-5-4-6-18(14(13)2)23-15(3)19(22)21-11-12-24-17-9-7-16(20)8-10-17/h4-10,15H,11-12H2,1-3H3,(H,21,22). The number of halogens is 1. The molecule has 0 saturated heterocycles. The number of rotatable bonds is 7. The fraction of sp³-hybridized carbons (Fsp3) is 0.316. The second kappa shape index (κ2) is 9.00. The lowest BCUT2D eigenvalue weighted by atomic mass is 10.1. The van der Waals surface area contributed by atoms with E-state index in [1.165, 1.54) is 0 Å². The number of hydrogen-bond donors (Lipinski definition) is 1. The summed E-state index contributed by atoms with van der Waals surface area (Å²) in [6, 6.07) is 13.5. The van der Waals surface area contributed by atoms with E-state index in [0.29, 0.717) is 6.54 Å². The number of aryl methyl sites for hydroxylation is 1. The van der Waals surface area contributed by atoms with Crippen LogP contribution >= 0.6 is 23.4 Å². The van der Waals surface area contributed by atoms with Crippen LogP contribution in [0.25, 0.3) is 0 Å². The zero-order chi connectivity index (χ0) is 17.5. The van der Waals surface area contributed by atoms with Crippen LogP contribution < -0.4 is 10.1 Å². The first-order valence-corrected chi connectivity index (χ1v) is 9.22. The lowest BCUT2D eigenvalue weighted by Crippen LogP contribution is -2.37. The van der Waals surface area contributed by atoms with Crippen molar-refractivity contribution in [3.8, 4) is 5.75 Å². The molecule has 128 valence electrons. The van der Waals surface area contributed by atoms with Gasteiger partial charge < -0.3 is 10.1 Å². The fourth-order valence-electron chi connectivity index (χ4n) is 2.11. The van der Waals surface area contributed by atoms with E-state index in [2.05, 4.69) is 5.32 Å². The summed E-state index contributed by atoms with van der Waals surface area (Å²) >= 11 is 7.53. The van der Waals surface area contributed by atoms with Crippen molar-refractivity contribution in [2.24, 2.45) is 0 Å². The highest BCUT2D eigenvalue weighted by molar-refractivity contribution is 7.99. The molecule has 0 fully saturated rings. The van der Waals surface area contributed by atoms with Crippen molar-refractivity contribution in [2.45, 2.75) is 31.8 Å². The number of benzene rings is 2.